The summed E-state index contributed by atoms with van der Waals surface area (Å²) in [5.74, 6) is -1.50. The molecular formula is C22H20ClN5O6. The predicted octanol–water partition coefficient (Wildman–Crippen LogP) is 4.10. The van der Waals surface area contributed by atoms with Crippen LogP contribution in [0.15, 0.2) is 41.1 Å². The number of anilines is 1. The standard InChI is InChI=1S/C22H20ClN5O6/c1-22(2,3)34-21(32)26-17-15(18-24-5-4-6-28(18)27-17)19(29)25-10-13-8-11-7-12(23)9-14(20(30)31)16(11)33-13/h4-9H,10H2,1-3H3,(H,25,29)(H,30,31)(H,26,27,32). The Hall–Kier alpha value is -4.12. The maximum atomic E-state index is 13.1. The topological polar surface area (TPSA) is 148 Å². The van der Waals surface area contributed by atoms with Crippen molar-refractivity contribution in [2.45, 2.75) is 32.9 Å². The van der Waals surface area contributed by atoms with E-state index in [2.05, 4.69) is 20.7 Å². The molecule has 0 atom stereocenters. The molecule has 0 saturated carbocycles. The van der Waals surface area contributed by atoms with Crippen LogP contribution in [0, 0.1) is 0 Å². The van der Waals surface area contributed by atoms with Crippen LogP contribution in [-0.2, 0) is 11.3 Å². The third-order valence-corrected chi connectivity index (χ3v) is 4.75. The highest BCUT2D eigenvalue weighted by atomic mass is 35.5. The molecule has 4 aromatic rings. The van der Waals surface area contributed by atoms with Crippen molar-refractivity contribution in [2.75, 3.05) is 5.32 Å². The lowest BCUT2D eigenvalue weighted by Gasteiger charge is -2.19. The minimum atomic E-state index is -1.19. The number of nitrogens with one attached hydrogen (secondary N) is 2. The molecule has 0 saturated heterocycles. The molecule has 12 heteroatoms. The molecule has 0 bridgehead atoms. The number of fused-ring (bicyclic) bond motifs is 2. The molecule has 0 aliphatic rings. The molecule has 176 valence electrons. The Bertz CT molecular complexity index is 1440. The first-order chi connectivity index (χ1) is 16.0. The zero-order valence-electron chi connectivity index (χ0n) is 18.4. The number of halogens is 1. The van der Waals surface area contributed by atoms with Crippen LogP contribution in [-0.4, -0.2) is 43.3 Å². The Morgan fingerprint density at radius 1 is 1.24 bits per heavy atom. The molecular weight excluding hydrogens is 466 g/mol. The van der Waals surface area contributed by atoms with Crippen molar-refractivity contribution in [2.24, 2.45) is 0 Å². The van der Waals surface area contributed by atoms with Crippen molar-refractivity contribution in [3.63, 3.8) is 0 Å². The van der Waals surface area contributed by atoms with E-state index in [4.69, 9.17) is 20.8 Å². The van der Waals surface area contributed by atoms with Gasteiger partial charge in [-0.05, 0) is 45.0 Å². The van der Waals surface area contributed by atoms with Crippen LogP contribution < -0.4 is 10.6 Å². The average molecular weight is 486 g/mol. The van der Waals surface area contributed by atoms with Crippen molar-refractivity contribution < 1.29 is 28.6 Å². The maximum Gasteiger partial charge on any atom is 0.413 e. The Balaban J connectivity index is 1.60. The van der Waals surface area contributed by atoms with Crippen LogP contribution in [0.4, 0.5) is 10.6 Å². The van der Waals surface area contributed by atoms with E-state index in [-0.39, 0.29) is 39.7 Å². The number of furan rings is 1. The number of carboxylic acid groups (broad SMARTS) is 1. The van der Waals surface area contributed by atoms with Gasteiger partial charge in [0.2, 0.25) is 0 Å². The molecule has 0 aliphatic carbocycles. The molecule has 11 nitrogen and oxygen atoms in total. The monoisotopic (exact) mass is 485 g/mol. The third-order valence-electron chi connectivity index (χ3n) is 4.53. The summed E-state index contributed by atoms with van der Waals surface area (Å²) in [7, 11) is 0. The summed E-state index contributed by atoms with van der Waals surface area (Å²) in [6.07, 6.45) is 2.29. The molecule has 3 N–H and O–H groups in total. The smallest absolute Gasteiger partial charge is 0.413 e. The highest BCUT2D eigenvalue weighted by molar-refractivity contribution is 6.32. The number of aromatic carboxylic acids is 1. The molecule has 0 aliphatic heterocycles. The fourth-order valence-corrected chi connectivity index (χ4v) is 3.48. The van der Waals surface area contributed by atoms with Gasteiger partial charge in [-0.25, -0.2) is 19.1 Å². The number of carbonyl (C=O) groups excluding carboxylic acids is 2. The first-order valence-electron chi connectivity index (χ1n) is 10.1. The molecule has 2 amide bonds. The van der Waals surface area contributed by atoms with E-state index in [1.165, 1.54) is 16.8 Å². The summed E-state index contributed by atoms with van der Waals surface area (Å²) >= 11 is 5.99. The normalized spacial score (nSPS) is 11.5. The highest BCUT2D eigenvalue weighted by Crippen LogP contribution is 2.28. The van der Waals surface area contributed by atoms with Crippen molar-refractivity contribution in [3.8, 4) is 0 Å². The van der Waals surface area contributed by atoms with E-state index < -0.39 is 23.6 Å². The van der Waals surface area contributed by atoms with Crippen molar-refractivity contribution >= 4 is 52.0 Å². The van der Waals surface area contributed by atoms with E-state index in [0.29, 0.717) is 11.1 Å². The number of ether oxygens (including phenoxy) is 1. The van der Waals surface area contributed by atoms with Crippen molar-refractivity contribution in [1.82, 2.24) is 19.9 Å². The third kappa shape index (κ3) is 4.79. The minimum Gasteiger partial charge on any atom is -0.478 e. The van der Waals surface area contributed by atoms with E-state index >= 15 is 0 Å². The number of carbonyl (C=O) groups is 3. The number of amides is 2. The van der Waals surface area contributed by atoms with Crippen LogP contribution in [0.1, 0.15) is 47.2 Å². The molecule has 4 rings (SSSR count). The fraction of sp³-hybridized carbons (Fsp3) is 0.227. The van der Waals surface area contributed by atoms with E-state index in [9.17, 15) is 19.5 Å². The molecule has 1 aromatic carbocycles. The number of hydrogen-bond acceptors (Lipinski definition) is 7. The van der Waals surface area contributed by atoms with Gasteiger partial charge in [-0.15, -0.1) is 5.10 Å². The fourth-order valence-electron chi connectivity index (χ4n) is 3.26. The van der Waals surface area contributed by atoms with Gasteiger partial charge in [-0.2, -0.15) is 0 Å². The van der Waals surface area contributed by atoms with Crippen molar-refractivity contribution in [3.05, 3.63) is 58.6 Å². The summed E-state index contributed by atoms with van der Waals surface area (Å²) < 4.78 is 12.2. The lowest BCUT2D eigenvalue weighted by Crippen LogP contribution is -2.29. The first-order valence-corrected chi connectivity index (χ1v) is 10.5. The van der Waals surface area contributed by atoms with Crippen LogP contribution in [0.5, 0.6) is 0 Å². The molecule has 34 heavy (non-hydrogen) atoms. The van der Waals surface area contributed by atoms with Gasteiger partial charge in [-0.3, -0.25) is 10.1 Å². The zero-order valence-corrected chi connectivity index (χ0v) is 19.1. The summed E-state index contributed by atoms with van der Waals surface area (Å²) in [6.45, 7) is 5.06. The number of nitrogens with zero attached hydrogens (tertiary/aromatic N) is 3. The predicted molar refractivity (Wildman–Crippen MR) is 122 cm³/mol. The largest absolute Gasteiger partial charge is 0.478 e. The summed E-state index contributed by atoms with van der Waals surface area (Å²) in [5.41, 5.74) is -0.447. The van der Waals surface area contributed by atoms with Crippen LogP contribution in [0.25, 0.3) is 16.6 Å². The number of benzene rings is 1. The average Bonchev–Trinajstić information content (AvgIpc) is 3.30. The second-order valence-corrected chi connectivity index (χ2v) is 8.75. The molecule has 3 aromatic heterocycles. The zero-order chi connectivity index (χ0) is 24.6. The Morgan fingerprint density at radius 3 is 2.71 bits per heavy atom. The van der Waals surface area contributed by atoms with Gasteiger partial charge >= 0.3 is 12.1 Å². The molecule has 0 radical (unpaired) electrons. The maximum absolute atomic E-state index is 13.1. The van der Waals surface area contributed by atoms with Crippen LogP contribution in [0.2, 0.25) is 5.02 Å². The Kier molecular flexibility index (Phi) is 5.88. The van der Waals surface area contributed by atoms with E-state index in [1.54, 1.807) is 45.2 Å². The summed E-state index contributed by atoms with van der Waals surface area (Å²) in [4.78, 5) is 41.0. The SMILES string of the molecule is CC(C)(C)OC(=O)Nc1nn2cccnc2c1C(=O)NCc1cc2cc(Cl)cc(C(=O)O)c2o1. The minimum absolute atomic E-state index is 0.0249. The van der Waals surface area contributed by atoms with Crippen LogP contribution in [0.3, 0.4) is 0 Å². The van der Waals surface area contributed by atoms with Crippen LogP contribution >= 0.6 is 11.6 Å². The Labute approximate surface area is 197 Å². The summed E-state index contributed by atoms with van der Waals surface area (Å²) in [5, 5.41) is 19.5. The molecule has 3 heterocycles. The second kappa shape index (κ2) is 8.67. The number of carboxylic acids is 1. The van der Waals surface area contributed by atoms with Gasteiger partial charge in [0.05, 0.1) is 6.54 Å². The molecule has 0 fully saturated rings. The van der Waals surface area contributed by atoms with Gasteiger partial charge in [-0.1, -0.05) is 11.6 Å². The van der Waals surface area contributed by atoms with Gasteiger partial charge in [0.15, 0.2) is 11.5 Å². The number of rotatable bonds is 5. The second-order valence-electron chi connectivity index (χ2n) is 8.31. The lowest BCUT2D eigenvalue weighted by atomic mass is 10.1. The van der Waals surface area contributed by atoms with Crippen molar-refractivity contribution in [1.29, 1.82) is 0 Å². The van der Waals surface area contributed by atoms with E-state index in [0.717, 1.165) is 0 Å². The lowest BCUT2D eigenvalue weighted by molar-refractivity contribution is 0.0633. The number of hydrogen-bond donors (Lipinski definition) is 3. The Morgan fingerprint density at radius 2 is 2.00 bits per heavy atom. The van der Waals surface area contributed by atoms with Gasteiger partial charge in [0.1, 0.15) is 28.1 Å². The summed E-state index contributed by atoms with van der Waals surface area (Å²) in [6, 6.07) is 6.06. The van der Waals surface area contributed by atoms with Gasteiger partial charge in [0, 0.05) is 22.8 Å². The quantitative estimate of drug-likeness (QED) is 0.382. The molecule has 0 spiro atoms. The first kappa shape index (κ1) is 23.1. The highest BCUT2D eigenvalue weighted by Gasteiger charge is 2.25. The number of aromatic nitrogens is 3. The van der Waals surface area contributed by atoms with Gasteiger partial charge in [0.25, 0.3) is 5.91 Å². The van der Waals surface area contributed by atoms with E-state index in [1.807, 2.05) is 0 Å². The molecule has 0 unspecified atom stereocenters. The van der Waals surface area contributed by atoms with Gasteiger partial charge < -0.3 is 19.6 Å².